The third-order valence-electron chi connectivity index (χ3n) is 3.99. The molecule has 18 heavy (non-hydrogen) atoms. The van der Waals surface area contributed by atoms with Gasteiger partial charge in [0.15, 0.2) is 0 Å². The summed E-state index contributed by atoms with van der Waals surface area (Å²) < 4.78 is 0. The van der Waals surface area contributed by atoms with Crippen molar-refractivity contribution in [1.82, 2.24) is 5.23 Å². The number of fused-ring (bicyclic) bond motifs is 2. The molecule has 1 N–H and O–H groups in total. The molecule has 0 aliphatic heterocycles. The van der Waals surface area contributed by atoms with Crippen molar-refractivity contribution in [2.45, 2.75) is 18.4 Å². The Morgan fingerprint density at radius 1 is 1.22 bits per heavy atom. The molecule has 3 rings (SSSR count). The Morgan fingerprint density at radius 2 is 1.94 bits per heavy atom. The van der Waals surface area contributed by atoms with Gasteiger partial charge < -0.3 is 10.4 Å². The van der Waals surface area contributed by atoms with E-state index in [2.05, 4.69) is 6.08 Å². The molecule has 0 spiro atoms. The van der Waals surface area contributed by atoms with Crippen LogP contribution in [0.25, 0.3) is 0 Å². The second-order valence-electron chi connectivity index (χ2n) is 4.93. The highest BCUT2D eigenvalue weighted by atomic mass is 35.5. The molecule has 0 saturated heterocycles. The highest BCUT2D eigenvalue weighted by Gasteiger charge is 2.46. The number of benzene rings is 1. The van der Waals surface area contributed by atoms with Gasteiger partial charge in [0.1, 0.15) is 0 Å². The van der Waals surface area contributed by atoms with Crippen LogP contribution in [-0.2, 0) is 0 Å². The summed E-state index contributed by atoms with van der Waals surface area (Å²) in [5.74, 6) is 0.309. The molecule has 96 valence electrons. The van der Waals surface area contributed by atoms with E-state index in [-0.39, 0.29) is 23.0 Å². The number of hydrogen-bond acceptors (Lipinski definition) is 3. The molecule has 1 aromatic rings. The van der Waals surface area contributed by atoms with E-state index in [0.717, 1.165) is 12.0 Å². The number of hydrogen-bond donors (Lipinski definition) is 1. The normalized spacial score (nSPS) is 33.6. The Balaban J connectivity index is 2.02. The van der Waals surface area contributed by atoms with Crippen LogP contribution in [0.4, 0.5) is 0 Å². The van der Waals surface area contributed by atoms with Gasteiger partial charge in [-0.05, 0) is 36.0 Å². The Hall–Kier alpha value is -0.580. The first-order valence-electron chi connectivity index (χ1n) is 5.86. The number of nitrogens with zero attached hydrogens (tertiary/aromatic N) is 1. The maximum atomic E-state index is 11.4. The summed E-state index contributed by atoms with van der Waals surface area (Å²) in [6.45, 7) is 0. The van der Waals surface area contributed by atoms with Gasteiger partial charge in [-0.15, -0.1) is 0 Å². The van der Waals surface area contributed by atoms with Crippen molar-refractivity contribution in [1.29, 1.82) is 0 Å². The summed E-state index contributed by atoms with van der Waals surface area (Å²) in [5, 5.41) is 21.9. The van der Waals surface area contributed by atoms with Gasteiger partial charge in [-0.1, -0.05) is 41.4 Å². The van der Waals surface area contributed by atoms with E-state index >= 15 is 0 Å². The maximum absolute atomic E-state index is 11.4. The molecular weight excluding hydrogens is 273 g/mol. The van der Waals surface area contributed by atoms with E-state index < -0.39 is 6.04 Å². The van der Waals surface area contributed by atoms with Crippen LogP contribution in [0.15, 0.2) is 30.4 Å². The molecule has 5 heteroatoms. The summed E-state index contributed by atoms with van der Waals surface area (Å²) in [6, 6.07) is 4.85. The fraction of sp³-hybridized carbons (Fsp3) is 0.385. The standard InChI is InChI=1S/C13H12Cl2NO2/c14-9-3-4-10(11(15)6-9)12-7-1-2-8(5-7)13(12)16(17)18/h1-4,6-8,12-13,17H,5H2/q-1. The van der Waals surface area contributed by atoms with E-state index in [1.165, 1.54) is 0 Å². The third kappa shape index (κ3) is 1.87. The Kier molecular flexibility index (Phi) is 3.12. The molecule has 2 aliphatic carbocycles. The summed E-state index contributed by atoms with van der Waals surface area (Å²) in [6.07, 6.45) is 5.02. The van der Waals surface area contributed by atoms with E-state index in [9.17, 15) is 10.4 Å². The van der Waals surface area contributed by atoms with Crippen molar-refractivity contribution < 1.29 is 5.21 Å². The first kappa shape index (κ1) is 12.5. The van der Waals surface area contributed by atoms with Crippen LogP contribution in [0.1, 0.15) is 17.9 Å². The predicted octanol–water partition coefficient (Wildman–Crippen LogP) is 3.84. The van der Waals surface area contributed by atoms with Gasteiger partial charge >= 0.3 is 0 Å². The maximum Gasteiger partial charge on any atom is 0.0456 e. The Labute approximate surface area is 115 Å². The van der Waals surface area contributed by atoms with E-state index in [1.54, 1.807) is 12.1 Å². The van der Waals surface area contributed by atoms with Crippen LogP contribution >= 0.6 is 23.2 Å². The molecule has 0 radical (unpaired) electrons. The number of rotatable bonds is 2. The second kappa shape index (κ2) is 4.51. The minimum Gasteiger partial charge on any atom is -0.762 e. The van der Waals surface area contributed by atoms with Crippen LogP contribution < -0.4 is 0 Å². The molecule has 0 aromatic heterocycles. The fourth-order valence-corrected chi connectivity index (χ4v) is 3.82. The minimum absolute atomic E-state index is 0.0627. The second-order valence-corrected chi connectivity index (χ2v) is 5.78. The topological polar surface area (TPSA) is 46.5 Å². The molecule has 1 aromatic carbocycles. The Morgan fingerprint density at radius 3 is 2.61 bits per heavy atom. The highest BCUT2D eigenvalue weighted by molar-refractivity contribution is 6.35. The minimum atomic E-state index is -0.446. The lowest BCUT2D eigenvalue weighted by Gasteiger charge is -2.38. The van der Waals surface area contributed by atoms with E-state index in [1.807, 2.05) is 12.1 Å². The molecule has 4 atom stereocenters. The van der Waals surface area contributed by atoms with Gasteiger partial charge in [-0.2, -0.15) is 0 Å². The number of halogens is 2. The highest BCUT2D eigenvalue weighted by Crippen LogP contribution is 2.52. The molecule has 4 unspecified atom stereocenters. The van der Waals surface area contributed by atoms with Crippen LogP contribution in [0.2, 0.25) is 10.0 Å². The molecule has 3 nitrogen and oxygen atoms in total. The largest absolute Gasteiger partial charge is 0.762 e. The third-order valence-corrected chi connectivity index (χ3v) is 4.56. The van der Waals surface area contributed by atoms with E-state index in [0.29, 0.717) is 10.0 Å². The van der Waals surface area contributed by atoms with Gasteiger partial charge in [-0.25, -0.2) is 0 Å². The lowest BCUT2D eigenvalue weighted by Crippen LogP contribution is -2.36. The zero-order chi connectivity index (χ0) is 12.9. The summed E-state index contributed by atoms with van der Waals surface area (Å²) in [5.41, 5.74) is 0.887. The van der Waals surface area contributed by atoms with Crippen LogP contribution in [-0.4, -0.2) is 16.5 Å². The van der Waals surface area contributed by atoms with Gasteiger partial charge in [0.05, 0.1) is 0 Å². The zero-order valence-corrected chi connectivity index (χ0v) is 11.0. The van der Waals surface area contributed by atoms with Gasteiger partial charge in [0.25, 0.3) is 0 Å². The van der Waals surface area contributed by atoms with Crippen molar-refractivity contribution in [2.24, 2.45) is 11.8 Å². The lowest BCUT2D eigenvalue weighted by molar-refractivity contribution is -0.0915. The van der Waals surface area contributed by atoms with Crippen LogP contribution in [0.5, 0.6) is 0 Å². The average molecular weight is 285 g/mol. The quantitative estimate of drug-likeness (QED) is 0.663. The summed E-state index contributed by atoms with van der Waals surface area (Å²) in [4.78, 5) is 0. The molecule has 0 amide bonds. The SMILES string of the molecule is [O-]N(O)C1C2C=CC(C2)C1c1ccc(Cl)cc1Cl. The van der Waals surface area contributed by atoms with Gasteiger partial charge in [-0.3, -0.25) is 5.23 Å². The molecule has 1 fully saturated rings. The van der Waals surface area contributed by atoms with Crippen LogP contribution in [0.3, 0.4) is 0 Å². The zero-order valence-electron chi connectivity index (χ0n) is 9.46. The lowest BCUT2D eigenvalue weighted by atomic mass is 9.83. The monoisotopic (exact) mass is 284 g/mol. The van der Waals surface area contributed by atoms with Crippen molar-refractivity contribution in [3.8, 4) is 0 Å². The number of allylic oxidation sites excluding steroid dienone is 1. The Bertz CT molecular complexity index is 504. The average Bonchev–Trinajstić information content (AvgIpc) is 2.88. The van der Waals surface area contributed by atoms with Crippen molar-refractivity contribution >= 4 is 23.2 Å². The molecule has 2 bridgehead atoms. The number of hydroxylamine groups is 2. The molecule has 1 saturated carbocycles. The van der Waals surface area contributed by atoms with E-state index in [4.69, 9.17) is 23.2 Å². The van der Waals surface area contributed by atoms with Gasteiger partial charge in [0, 0.05) is 22.0 Å². The van der Waals surface area contributed by atoms with Crippen molar-refractivity contribution in [3.63, 3.8) is 0 Å². The fourth-order valence-electron chi connectivity index (χ4n) is 3.28. The van der Waals surface area contributed by atoms with Crippen LogP contribution in [0, 0.1) is 17.0 Å². The van der Waals surface area contributed by atoms with Crippen molar-refractivity contribution in [3.05, 3.63) is 51.2 Å². The smallest absolute Gasteiger partial charge is 0.0456 e. The first-order chi connectivity index (χ1) is 8.58. The molecule has 0 heterocycles. The summed E-state index contributed by atoms with van der Waals surface area (Å²) in [7, 11) is 0. The molecule has 2 aliphatic rings. The summed E-state index contributed by atoms with van der Waals surface area (Å²) >= 11 is 12.1. The van der Waals surface area contributed by atoms with Gasteiger partial charge in [0.2, 0.25) is 0 Å². The molecular formula is C13H12Cl2NO2-. The predicted molar refractivity (Wildman–Crippen MR) is 70.7 cm³/mol. The van der Waals surface area contributed by atoms with Crippen molar-refractivity contribution in [2.75, 3.05) is 0 Å². The first-order valence-corrected chi connectivity index (χ1v) is 6.62.